The maximum Gasteiger partial charge on any atom is 0.273 e. The third kappa shape index (κ3) is 2.69. The van der Waals surface area contributed by atoms with E-state index >= 15 is 0 Å². The number of hydrogen-bond acceptors (Lipinski definition) is 7. The third-order valence-corrected chi connectivity index (χ3v) is 4.67. The van der Waals surface area contributed by atoms with Crippen molar-refractivity contribution in [2.24, 2.45) is 5.16 Å². The first-order valence-corrected chi connectivity index (χ1v) is 7.43. The average molecular weight is 297 g/mol. The predicted octanol–water partition coefficient (Wildman–Crippen LogP) is -1.10. The maximum absolute atomic E-state index is 11.6. The number of nitrogens with one attached hydrogen (secondary N) is 2. The van der Waals surface area contributed by atoms with Crippen molar-refractivity contribution in [2.45, 2.75) is 9.99 Å². The normalized spacial score (nSPS) is 13.2. The first-order valence-electron chi connectivity index (χ1n) is 4.47. The maximum atomic E-state index is 11.6. The van der Waals surface area contributed by atoms with Crippen LogP contribution in [0.15, 0.2) is 25.6 Å². The van der Waals surface area contributed by atoms with Crippen LogP contribution >= 0.6 is 0 Å². The monoisotopic (exact) mass is 297 g/mol. The predicted molar refractivity (Wildman–Crippen MR) is 60.6 cm³/mol. The molecule has 102 valence electrons. The van der Waals surface area contributed by atoms with Crippen LogP contribution in [0.25, 0.3) is 0 Å². The van der Waals surface area contributed by atoms with Crippen LogP contribution in [0.4, 0.5) is 0 Å². The number of sulfonamides is 2. The van der Waals surface area contributed by atoms with Gasteiger partial charge in [0.05, 0.1) is 0 Å². The second-order valence-corrected chi connectivity index (χ2v) is 6.63. The second kappa shape index (κ2) is 5.06. The fourth-order valence-corrected chi connectivity index (χ4v) is 2.65. The zero-order valence-electron chi connectivity index (χ0n) is 9.41. The van der Waals surface area contributed by atoms with E-state index in [9.17, 15) is 16.8 Å². The molecule has 1 aromatic heterocycles. The zero-order valence-corrected chi connectivity index (χ0v) is 11.0. The van der Waals surface area contributed by atoms with E-state index in [2.05, 4.69) is 5.16 Å². The Labute approximate surface area is 104 Å². The first kappa shape index (κ1) is 14.6. The molecule has 0 aliphatic rings. The van der Waals surface area contributed by atoms with E-state index in [4.69, 9.17) is 9.62 Å². The molecule has 0 amide bonds. The van der Waals surface area contributed by atoms with Gasteiger partial charge in [-0.2, -0.15) is 0 Å². The number of oxime groups is 1. The molecule has 1 rings (SSSR count). The molecule has 0 unspecified atom stereocenters. The van der Waals surface area contributed by atoms with Gasteiger partial charge in [-0.05, 0) is 14.1 Å². The Morgan fingerprint density at radius 3 is 2.22 bits per heavy atom. The molecule has 0 spiro atoms. The highest BCUT2D eigenvalue weighted by Gasteiger charge is 2.26. The van der Waals surface area contributed by atoms with Crippen LogP contribution in [0, 0.1) is 0 Å². The lowest BCUT2D eigenvalue weighted by Gasteiger charge is -1.97. The molecule has 11 heteroatoms. The van der Waals surface area contributed by atoms with Gasteiger partial charge in [-0.25, -0.2) is 26.3 Å². The van der Waals surface area contributed by atoms with Gasteiger partial charge in [0.2, 0.25) is 15.1 Å². The molecule has 0 saturated carbocycles. The van der Waals surface area contributed by atoms with Crippen LogP contribution in [0.3, 0.4) is 0 Å². The highest BCUT2D eigenvalue weighted by Crippen LogP contribution is 2.22. The highest BCUT2D eigenvalue weighted by molar-refractivity contribution is 7.90. The molecule has 0 fully saturated rings. The molecule has 1 aromatic rings. The summed E-state index contributed by atoms with van der Waals surface area (Å²) in [5.74, 6) is -0.402. The van der Waals surface area contributed by atoms with Gasteiger partial charge < -0.3 is 9.62 Å². The lowest BCUT2D eigenvalue weighted by molar-refractivity contribution is 0.319. The van der Waals surface area contributed by atoms with Crippen molar-refractivity contribution in [1.82, 2.24) is 9.44 Å². The summed E-state index contributed by atoms with van der Waals surface area (Å²) >= 11 is 0. The summed E-state index contributed by atoms with van der Waals surface area (Å²) in [7, 11) is -5.59. The molecule has 0 aliphatic carbocycles. The summed E-state index contributed by atoms with van der Waals surface area (Å²) < 4.78 is 54.9. The zero-order chi connectivity index (χ0) is 14.0. The molecule has 0 bridgehead atoms. The minimum absolute atomic E-state index is 0.402. The second-order valence-electron chi connectivity index (χ2n) is 2.95. The Kier molecular flexibility index (Phi) is 4.11. The Balaban J connectivity index is 3.54. The van der Waals surface area contributed by atoms with Gasteiger partial charge in [0, 0.05) is 6.07 Å². The van der Waals surface area contributed by atoms with Crippen LogP contribution in [0.5, 0.6) is 0 Å². The Morgan fingerprint density at radius 2 is 1.78 bits per heavy atom. The number of rotatable bonds is 5. The van der Waals surface area contributed by atoms with Crippen molar-refractivity contribution in [3.63, 3.8) is 0 Å². The first-order chi connectivity index (χ1) is 8.28. The van der Waals surface area contributed by atoms with Gasteiger partial charge in [0.15, 0.2) is 5.76 Å². The minimum Gasteiger partial charge on any atom is -0.441 e. The number of hydrogen-bond donors (Lipinski definition) is 3. The van der Waals surface area contributed by atoms with Gasteiger partial charge in [0.1, 0.15) is 11.1 Å². The molecule has 0 radical (unpaired) electrons. The molecule has 0 aliphatic heterocycles. The molecule has 0 atom stereocenters. The van der Waals surface area contributed by atoms with Crippen molar-refractivity contribution >= 4 is 26.3 Å². The summed E-state index contributed by atoms with van der Waals surface area (Å²) in [6, 6.07) is 0.814. The smallest absolute Gasteiger partial charge is 0.273 e. The summed E-state index contributed by atoms with van der Waals surface area (Å²) in [4.78, 5) is -0.448. The molecule has 1 heterocycles. The van der Waals surface area contributed by atoms with E-state index in [0.29, 0.717) is 6.21 Å². The van der Waals surface area contributed by atoms with E-state index < -0.39 is 35.8 Å². The Bertz CT molecular complexity index is 657. The van der Waals surface area contributed by atoms with Crippen LogP contribution in [0.1, 0.15) is 5.76 Å². The molecule has 18 heavy (non-hydrogen) atoms. The molecular weight excluding hydrogens is 286 g/mol. The fraction of sp³-hybridized carbons (Fsp3) is 0.286. The van der Waals surface area contributed by atoms with Crippen LogP contribution < -0.4 is 9.44 Å². The summed E-state index contributed by atoms with van der Waals surface area (Å²) in [6.07, 6.45) is 0.679. The minimum atomic E-state index is -3.94. The van der Waals surface area contributed by atoms with Crippen LogP contribution in [0.2, 0.25) is 0 Å². The van der Waals surface area contributed by atoms with E-state index in [-0.39, 0.29) is 0 Å². The largest absolute Gasteiger partial charge is 0.441 e. The number of furan rings is 1. The number of nitrogens with zero attached hydrogens (tertiary/aromatic N) is 1. The van der Waals surface area contributed by atoms with Crippen LogP contribution in [-0.4, -0.2) is 42.4 Å². The Hall–Kier alpha value is -1.43. The van der Waals surface area contributed by atoms with Gasteiger partial charge in [-0.1, -0.05) is 5.16 Å². The molecule has 0 saturated heterocycles. The topological polar surface area (TPSA) is 138 Å². The van der Waals surface area contributed by atoms with E-state index in [0.717, 1.165) is 20.2 Å². The highest BCUT2D eigenvalue weighted by atomic mass is 32.2. The lowest BCUT2D eigenvalue weighted by Crippen LogP contribution is -2.19. The van der Waals surface area contributed by atoms with E-state index in [1.807, 2.05) is 9.44 Å². The van der Waals surface area contributed by atoms with Gasteiger partial charge in [0.25, 0.3) is 10.0 Å². The standard InChI is InChI=1S/C7H11N3O6S2/c1-8-17(12,13)6-3-7(18(14,15)9-2)16-5(6)4-10-11/h3-4,8-9,11H,1-2H3. The summed E-state index contributed by atoms with van der Waals surface area (Å²) in [5, 5.41) is 10.4. The van der Waals surface area contributed by atoms with Gasteiger partial charge >= 0.3 is 0 Å². The van der Waals surface area contributed by atoms with Gasteiger partial charge in [-0.15, -0.1) is 0 Å². The average Bonchev–Trinajstić information content (AvgIpc) is 2.75. The van der Waals surface area contributed by atoms with Gasteiger partial charge in [-0.3, -0.25) is 0 Å². The summed E-state index contributed by atoms with van der Waals surface area (Å²) in [6.45, 7) is 0. The molecular formula is C7H11N3O6S2. The van der Waals surface area contributed by atoms with Crippen molar-refractivity contribution in [1.29, 1.82) is 0 Å². The van der Waals surface area contributed by atoms with Crippen molar-refractivity contribution in [2.75, 3.05) is 14.1 Å². The fourth-order valence-electron chi connectivity index (χ4n) is 1.06. The molecule has 3 N–H and O–H groups in total. The van der Waals surface area contributed by atoms with Crippen LogP contribution in [-0.2, 0) is 20.0 Å². The van der Waals surface area contributed by atoms with E-state index in [1.165, 1.54) is 0 Å². The molecule has 9 nitrogen and oxygen atoms in total. The van der Waals surface area contributed by atoms with E-state index in [1.54, 1.807) is 0 Å². The van der Waals surface area contributed by atoms with Crippen molar-refractivity contribution < 1.29 is 26.5 Å². The van der Waals surface area contributed by atoms with Crippen molar-refractivity contribution in [3.8, 4) is 0 Å². The summed E-state index contributed by atoms with van der Waals surface area (Å²) in [5.41, 5.74) is 0. The molecule has 0 aromatic carbocycles. The quantitative estimate of drug-likeness (QED) is 0.358. The van der Waals surface area contributed by atoms with Crippen molar-refractivity contribution in [3.05, 3.63) is 11.8 Å². The third-order valence-electron chi connectivity index (χ3n) is 1.97. The lowest BCUT2D eigenvalue weighted by atomic mass is 10.5. The Morgan fingerprint density at radius 1 is 1.22 bits per heavy atom. The SMILES string of the molecule is CNS(=O)(=O)c1cc(S(=O)(=O)NC)c(C=NO)o1.